The van der Waals surface area contributed by atoms with Crippen LogP contribution in [0.2, 0.25) is 0 Å². The van der Waals surface area contributed by atoms with Crippen LogP contribution in [0.15, 0.2) is 65.6 Å². The SMILES string of the molecule is Cc1ccc(S(=O)(=O)Nc2ccc3c(c2)C(=O)N([C@@H](C)CO)C[C@@H](C)[C@@H](CN(C)C(=O)Nc2ccc4c(c2)OCO4)OCCCC[C@H](C)O3)cc1. The van der Waals surface area contributed by atoms with E-state index in [1.807, 2.05) is 20.8 Å². The minimum absolute atomic E-state index is 0.0920. The number of sulfonamides is 1. The monoisotopic (exact) mass is 724 g/mol. The number of nitrogens with zero attached hydrogens (tertiary/aromatic N) is 2. The van der Waals surface area contributed by atoms with Gasteiger partial charge < -0.3 is 39.2 Å². The normalized spacial score (nSPS) is 20.4. The lowest BCUT2D eigenvalue weighted by atomic mass is 10.0. The van der Waals surface area contributed by atoms with Crippen molar-refractivity contribution in [1.29, 1.82) is 0 Å². The lowest BCUT2D eigenvalue weighted by Crippen LogP contribution is -2.48. The van der Waals surface area contributed by atoms with Gasteiger partial charge in [0.25, 0.3) is 15.9 Å². The number of likely N-dealkylation sites (N-methyl/N-ethyl adjacent to an activating group) is 1. The summed E-state index contributed by atoms with van der Waals surface area (Å²) in [7, 11) is -2.27. The summed E-state index contributed by atoms with van der Waals surface area (Å²) in [6, 6.07) is 15.4. The van der Waals surface area contributed by atoms with Crippen LogP contribution in [0.1, 0.15) is 56.0 Å². The zero-order valence-corrected chi connectivity index (χ0v) is 30.6. The van der Waals surface area contributed by atoms with Crippen molar-refractivity contribution < 1.29 is 42.1 Å². The molecular formula is C37H48N4O9S. The number of aliphatic hydroxyl groups excluding tert-OH is 1. The predicted molar refractivity (Wildman–Crippen MR) is 193 cm³/mol. The van der Waals surface area contributed by atoms with Crippen LogP contribution in [-0.2, 0) is 14.8 Å². The zero-order valence-electron chi connectivity index (χ0n) is 29.8. The summed E-state index contributed by atoms with van der Waals surface area (Å²) in [6.07, 6.45) is 1.54. The molecular weight excluding hydrogens is 676 g/mol. The molecule has 0 aliphatic carbocycles. The molecule has 0 saturated heterocycles. The second kappa shape index (κ2) is 16.7. The predicted octanol–water partition coefficient (Wildman–Crippen LogP) is 5.48. The average molecular weight is 725 g/mol. The van der Waals surface area contributed by atoms with E-state index in [-0.39, 0.29) is 60.7 Å². The number of rotatable bonds is 8. The molecule has 2 aliphatic rings. The molecule has 0 spiro atoms. The largest absolute Gasteiger partial charge is 0.490 e. The first-order valence-corrected chi connectivity index (χ1v) is 18.7. The summed E-state index contributed by atoms with van der Waals surface area (Å²) in [6.45, 7) is 8.14. The standard InChI is InChI=1S/C37H48N4O9S/c1-24-9-13-30(14-10-24)51(45,46)39-29-12-15-32-31(18-29)36(43)41(26(3)22-42)20-25(2)35(47-17-7-6-8-27(4)50-32)21-40(5)37(44)38-28-11-16-33-34(19-28)49-23-48-33/h9-16,18-19,25-27,35,39,42H,6-8,17,20-23H2,1-5H3,(H,38,44)/t25-,26+,27+,35-/m1/s1. The molecule has 14 heteroatoms. The highest BCUT2D eigenvalue weighted by Gasteiger charge is 2.31. The Kier molecular flexibility index (Phi) is 12.3. The first kappa shape index (κ1) is 37.7. The fourth-order valence-corrected chi connectivity index (χ4v) is 6.98. The number of benzene rings is 3. The van der Waals surface area contributed by atoms with Gasteiger partial charge in [-0.2, -0.15) is 0 Å². The number of ether oxygens (including phenoxy) is 4. The summed E-state index contributed by atoms with van der Waals surface area (Å²) in [4.78, 5) is 30.9. The lowest BCUT2D eigenvalue weighted by molar-refractivity contribution is -0.0115. The van der Waals surface area contributed by atoms with Crippen molar-refractivity contribution in [3.8, 4) is 17.2 Å². The number of hydrogen-bond acceptors (Lipinski definition) is 9. The van der Waals surface area contributed by atoms with Crippen LogP contribution in [0.3, 0.4) is 0 Å². The third-order valence-electron chi connectivity index (χ3n) is 9.06. The number of amides is 3. The van der Waals surface area contributed by atoms with Crippen molar-refractivity contribution >= 4 is 33.3 Å². The minimum Gasteiger partial charge on any atom is -0.490 e. The van der Waals surface area contributed by atoms with Crippen molar-refractivity contribution in [2.24, 2.45) is 5.92 Å². The first-order chi connectivity index (χ1) is 24.3. The quantitative estimate of drug-likeness (QED) is 0.274. The maximum absolute atomic E-state index is 14.4. The number of hydrogen-bond donors (Lipinski definition) is 3. The summed E-state index contributed by atoms with van der Waals surface area (Å²) in [5, 5.41) is 13.2. The third kappa shape index (κ3) is 9.63. The van der Waals surface area contributed by atoms with Gasteiger partial charge in [-0.25, -0.2) is 13.2 Å². The number of anilines is 2. The molecule has 2 aliphatic heterocycles. The Balaban J connectivity index is 1.39. The van der Waals surface area contributed by atoms with Crippen molar-refractivity contribution in [3.05, 3.63) is 71.8 Å². The fourth-order valence-electron chi connectivity index (χ4n) is 5.93. The molecule has 3 amide bonds. The molecule has 276 valence electrons. The Morgan fingerprint density at radius 1 is 1.00 bits per heavy atom. The van der Waals surface area contributed by atoms with E-state index in [1.165, 1.54) is 23.1 Å². The Labute approximate surface area is 299 Å². The van der Waals surface area contributed by atoms with E-state index in [0.717, 1.165) is 18.4 Å². The van der Waals surface area contributed by atoms with Gasteiger partial charge in [0.05, 0.1) is 35.3 Å². The van der Waals surface area contributed by atoms with Gasteiger partial charge >= 0.3 is 6.03 Å². The second-order valence-electron chi connectivity index (χ2n) is 13.3. The van der Waals surface area contributed by atoms with Gasteiger partial charge in [0.1, 0.15) is 5.75 Å². The number of aryl methyl sites for hydroxylation is 1. The third-order valence-corrected chi connectivity index (χ3v) is 10.5. The van der Waals surface area contributed by atoms with Crippen LogP contribution in [0, 0.1) is 12.8 Å². The first-order valence-electron chi connectivity index (χ1n) is 17.2. The van der Waals surface area contributed by atoms with Crippen LogP contribution in [0.5, 0.6) is 17.2 Å². The molecule has 0 saturated carbocycles. The number of fused-ring (bicyclic) bond motifs is 2. The molecule has 0 bridgehead atoms. The lowest BCUT2D eigenvalue weighted by Gasteiger charge is -2.35. The van der Waals surface area contributed by atoms with Crippen molar-refractivity contribution in [2.45, 2.75) is 70.1 Å². The number of aliphatic hydroxyl groups is 1. The maximum atomic E-state index is 14.4. The minimum atomic E-state index is -3.95. The molecule has 0 unspecified atom stereocenters. The molecule has 0 fully saturated rings. The summed E-state index contributed by atoms with van der Waals surface area (Å²) in [5.41, 5.74) is 1.84. The number of nitrogens with one attached hydrogen (secondary N) is 2. The van der Waals surface area contributed by atoms with Crippen LogP contribution in [-0.4, -0.2) is 93.7 Å². The molecule has 3 N–H and O–H groups in total. The van der Waals surface area contributed by atoms with E-state index in [0.29, 0.717) is 36.0 Å². The van der Waals surface area contributed by atoms with Gasteiger partial charge in [-0.1, -0.05) is 24.6 Å². The van der Waals surface area contributed by atoms with Gasteiger partial charge in [-0.05, 0) is 82.5 Å². The van der Waals surface area contributed by atoms with E-state index >= 15 is 0 Å². The molecule has 5 rings (SSSR count). The second-order valence-corrected chi connectivity index (χ2v) is 15.0. The topological polar surface area (TPSA) is 156 Å². The van der Waals surface area contributed by atoms with Crippen LogP contribution in [0.4, 0.5) is 16.2 Å². The van der Waals surface area contributed by atoms with Gasteiger partial charge in [0.2, 0.25) is 6.79 Å². The molecule has 0 radical (unpaired) electrons. The molecule has 13 nitrogen and oxygen atoms in total. The number of carbonyl (C=O) groups is 2. The number of carbonyl (C=O) groups excluding carboxylic acids is 2. The van der Waals surface area contributed by atoms with Crippen LogP contribution >= 0.6 is 0 Å². The molecule has 4 atom stereocenters. The molecule has 3 aromatic carbocycles. The summed E-state index contributed by atoms with van der Waals surface area (Å²) >= 11 is 0. The van der Waals surface area contributed by atoms with E-state index in [1.54, 1.807) is 61.3 Å². The van der Waals surface area contributed by atoms with Gasteiger partial charge in [0, 0.05) is 50.1 Å². The highest BCUT2D eigenvalue weighted by Crippen LogP contribution is 2.34. The van der Waals surface area contributed by atoms with E-state index in [9.17, 15) is 23.1 Å². The Hall–Kier alpha value is -4.53. The van der Waals surface area contributed by atoms with Crippen molar-refractivity contribution in [2.75, 3.05) is 50.2 Å². The average Bonchev–Trinajstić information content (AvgIpc) is 3.57. The molecule has 3 aromatic rings. The van der Waals surface area contributed by atoms with E-state index in [2.05, 4.69) is 10.0 Å². The molecule has 0 aromatic heterocycles. The highest BCUT2D eigenvalue weighted by molar-refractivity contribution is 7.92. The fraction of sp³-hybridized carbons (Fsp3) is 0.459. The molecule has 2 heterocycles. The Morgan fingerprint density at radius 2 is 1.71 bits per heavy atom. The van der Waals surface area contributed by atoms with Gasteiger partial charge in [0.15, 0.2) is 11.5 Å². The highest BCUT2D eigenvalue weighted by atomic mass is 32.2. The van der Waals surface area contributed by atoms with E-state index < -0.39 is 28.1 Å². The van der Waals surface area contributed by atoms with Crippen molar-refractivity contribution in [1.82, 2.24) is 9.80 Å². The van der Waals surface area contributed by atoms with Gasteiger partial charge in [-0.3, -0.25) is 9.52 Å². The van der Waals surface area contributed by atoms with E-state index in [4.69, 9.17) is 18.9 Å². The summed E-state index contributed by atoms with van der Waals surface area (Å²) < 4.78 is 52.5. The Morgan fingerprint density at radius 3 is 2.45 bits per heavy atom. The van der Waals surface area contributed by atoms with Crippen LogP contribution in [0.25, 0.3) is 0 Å². The zero-order chi connectivity index (χ0) is 36.7. The maximum Gasteiger partial charge on any atom is 0.321 e. The van der Waals surface area contributed by atoms with Crippen LogP contribution < -0.4 is 24.2 Å². The molecule has 51 heavy (non-hydrogen) atoms. The summed E-state index contributed by atoms with van der Waals surface area (Å²) in [5.74, 6) is 0.768. The van der Waals surface area contributed by atoms with Gasteiger partial charge in [-0.15, -0.1) is 0 Å². The van der Waals surface area contributed by atoms with Crippen molar-refractivity contribution in [3.63, 3.8) is 0 Å². The smallest absolute Gasteiger partial charge is 0.321 e. The number of urea groups is 1. The Bertz CT molecular complexity index is 1790.